The van der Waals surface area contributed by atoms with Crippen molar-refractivity contribution in [3.8, 4) is 0 Å². The third kappa shape index (κ3) is 3.44. The molecule has 1 aromatic carbocycles. The molecule has 1 saturated heterocycles. The summed E-state index contributed by atoms with van der Waals surface area (Å²) in [5.74, 6) is 0.0766. The Morgan fingerprint density at radius 3 is 3.10 bits per heavy atom. The molecule has 0 saturated carbocycles. The number of thiophene rings is 1. The Hall–Kier alpha value is -2.90. The van der Waals surface area contributed by atoms with Crippen LogP contribution in [-0.4, -0.2) is 47.1 Å². The van der Waals surface area contributed by atoms with Crippen molar-refractivity contribution in [2.45, 2.75) is 25.8 Å². The van der Waals surface area contributed by atoms with E-state index in [0.29, 0.717) is 6.61 Å². The number of nitrogens with one attached hydrogen (secondary N) is 2. The van der Waals surface area contributed by atoms with Crippen LogP contribution in [0.4, 0.5) is 11.4 Å². The molecule has 154 valence electrons. The zero-order valence-corrected chi connectivity index (χ0v) is 17.9. The molecule has 0 spiro atoms. The van der Waals surface area contributed by atoms with Gasteiger partial charge in [0.25, 0.3) is 5.91 Å². The summed E-state index contributed by atoms with van der Waals surface area (Å²) < 4.78 is 6.30. The molecule has 2 N–H and O–H groups in total. The van der Waals surface area contributed by atoms with E-state index in [2.05, 4.69) is 46.5 Å². The van der Waals surface area contributed by atoms with Crippen molar-refractivity contribution in [3.63, 3.8) is 0 Å². The molecule has 6 nitrogen and oxygen atoms in total. The number of pyridine rings is 1. The summed E-state index contributed by atoms with van der Waals surface area (Å²) in [6.45, 7) is 3.43. The van der Waals surface area contributed by atoms with E-state index in [1.165, 1.54) is 16.7 Å². The minimum atomic E-state index is 0.0766. The van der Waals surface area contributed by atoms with Gasteiger partial charge in [-0.2, -0.15) is 0 Å². The van der Waals surface area contributed by atoms with Crippen molar-refractivity contribution in [3.05, 3.63) is 53.2 Å². The Labute approximate surface area is 178 Å². The topological polar surface area (TPSA) is 70.2 Å². The molecule has 1 atom stereocenters. The molecule has 0 aliphatic carbocycles. The SMILES string of the molecule is COC[C@@H]1CCCN1C(=O)c1cc2nccc(Nc3ccc4[nH]c(C)cc4c3)c2s1. The third-order valence-electron chi connectivity index (χ3n) is 5.65. The summed E-state index contributed by atoms with van der Waals surface area (Å²) in [6, 6.07) is 12.4. The number of likely N-dealkylation sites (tertiary alicyclic amines) is 1. The second kappa shape index (κ2) is 7.74. The van der Waals surface area contributed by atoms with Crippen LogP contribution in [0.5, 0.6) is 0 Å². The Balaban J connectivity index is 1.45. The third-order valence-corrected chi connectivity index (χ3v) is 6.80. The second-order valence-corrected chi connectivity index (χ2v) is 8.87. The molecule has 30 heavy (non-hydrogen) atoms. The van der Waals surface area contributed by atoms with Gasteiger partial charge in [-0.05, 0) is 56.2 Å². The Morgan fingerprint density at radius 1 is 1.33 bits per heavy atom. The molecule has 1 fully saturated rings. The van der Waals surface area contributed by atoms with Gasteiger partial charge in [0.2, 0.25) is 0 Å². The lowest BCUT2D eigenvalue weighted by Gasteiger charge is -2.23. The molecule has 4 aromatic rings. The lowest BCUT2D eigenvalue weighted by Crippen LogP contribution is -2.37. The molecular formula is C23H24N4O2S. The number of ether oxygens (including phenoxy) is 1. The number of carbonyl (C=O) groups is 1. The normalized spacial score (nSPS) is 16.6. The second-order valence-electron chi connectivity index (χ2n) is 7.81. The summed E-state index contributed by atoms with van der Waals surface area (Å²) in [5, 5.41) is 4.68. The number of benzene rings is 1. The van der Waals surface area contributed by atoms with Gasteiger partial charge in [0.15, 0.2) is 0 Å². The predicted molar refractivity (Wildman–Crippen MR) is 122 cm³/mol. The first-order valence-corrected chi connectivity index (χ1v) is 11.0. The maximum absolute atomic E-state index is 13.1. The van der Waals surface area contributed by atoms with Gasteiger partial charge in [-0.1, -0.05) is 0 Å². The summed E-state index contributed by atoms with van der Waals surface area (Å²) in [5.41, 5.74) is 5.08. The molecule has 4 heterocycles. The van der Waals surface area contributed by atoms with Crippen LogP contribution in [0.25, 0.3) is 21.1 Å². The number of aromatic nitrogens is 2. The van der Waals surface area contributed by atoms with Crippen molar-refractivity contribution >= 4 is 49.7 Å². The fourth-order valence-electron chi connectivity index (χ4n) is 4.26. The van der Waals surface area contributed by atoms with Crippen LogP contribution in [0.1, 0.15) is 28.2 Å². The van der Waals surface area contributed by atoms with Crippen molar-refractivity contribution in [1.82, 2.24) is 14.9 Å². The van der Waals surface area contributed by atoms with Crippen LogP contribution in [-0.2, 0) is 4.74 Å². The first kappa shape index (κ1) is 19.1. The number of anilines is 2. The number of hydrogen-bond donors (Lipinski definition) is 2. The number of H-pyrrole nitrogens is 1. The standard InChI is InChI=1S/C23H24N4O2S/c1-14-10-15-11-16(5-6-18(15)25-14)26-19-7-8-24-20-12-21(30-22(19)20)23(28)27-9-3-4-17(27)13-29-2/h5-8,10-12,17,25H,3-4,9,13H2,1-2H3,(H,24,26)/t17-/m0/s1. The minimum absolute atomic E-state index is 0.0766. The van der Waals surface area contributed by atoms with E-state index >= 15 is 0 Å². The van der Waals surface area contributed by atoms with Gasteiger partial charge in [-0.15, -0.1) is 11.3 Å². The zero-order chi connectivity index (χ0) is 20.7. The summed E-state index contributed by atoms with van der Waals surface area (Å²) >= 11 is 1.50. The van der Waals surface area contributed by atoms with Crippen LogP contribution in [0.2, 0.25) is 0 Å². The lowest BCUT2D eigenvalue weighted by molar-refractivity contribution is 0.0635. The smallest absolute Gasteiger partial charge is 0.264 e. The van der Waals surface area contributed by atoms with Gasteiger partial charge in [0.05, 0.1) is 33.4 Å². The Morgan fingerprint density at radius 2 is 2.23 bits per heavy atom. The molecular weight excluding hydrogens is 396 g/mol. The fraction of sp³-hybridized carbons (Fsp3) is 0.304. The number of carbonyl (C=O) groups excluding carboxylic acids is 1. The van der Waals surface area contributed by atoms with E-state index in [1.54, 1.807) is 13.3 Å². The molecule has 0 radical (unpaired) electrons. The highest BCUT2D eigenvalue weighted by Gasteiger charge is 2.30. The van der Waals surface area contributed by atoms with Crippen molar-refractivity contribution in [1.29, 1.82) is 0 Å². The number of nitrogens with zero attached hydrogens (tertiary/aromatic N) is 2. The van der Waals surface area contributed by atoms with Gasteiger partial charge >= 0.3 is 0 Å². The highest BCUT2D eigenvalue weighted by Crippen LogP contribution is 2.34. The van der Waals surface area contributed by atoms with E-state index in [-0.39, 0.29) is 11.9 Å². The van der Waals surface area contributed by atoms with Crippen LogP contribution in [0.15, 0.2) is 42.6 Å². The number of fused-ring (bicyclic) bond motifs is 2. The molecule has 1 aliphatic rings. The van der Waals surface area contributed by atoms with Crippen LogP contribution >= 0.6 is 11.3 Å². The van der Waals surface area contributed by atoms with E-state index in [4.69, 9.17) is 4.74 Å². The molecule has 1 aliphatic heterocycles. The summed E-state index contributed by atoms with van der Waals surface area (Å²) in [7, 11) is 1.69. The Bertz CT molecular complexity index is 1230. The van der Waals surface area contributed by atoms with Gasteiger partial charge in [-0.25, -0.2) is 0 Å². The van der Waals surface area contributed by atoms with Crippen LogP contribution in [0.3, 0.4) is 0 Å². The van der Waals surface area contributed by atoms with Gasteiger partial charge in [0.1, 0.15) is 0 Å². The largest absolute Gasteiger partial charge is 0.383 e. The molecule has 3 aromatic heterocycles. The maximum Gasteiger partial charge on any atom is 0.264 e. The van der Waals surface area contributed by atoms with Crippen molar-refractivity contribution in [2.75, 3.05) is 25.6 Å². The lowest BCUT2D eigenvalue weighted by atomic mass is 10.2. The monoisotopic (exact) mass is 420 g/mol. The molecule has 0 unspecified atom stereocenters. The summed E-state index contributed by atoms with van der Waals surface area (Å²) in [6.07, 6.45) is 3.81. The summed E-state index contributed by atoms with van der Waals surface area (Å²) in [4.78, 5) is 23.7. The zero-order valence-electron chi connectivity index (χ0n) is 17.1. The van der Waals surface area contributed by atoms with Gasteiger partial charge in [-0.3, -0.25) is 9.78 Å². The average molecular weight is 421 g/mol. The predicted octanol–water partition coefficient (Wildman–Crippen LogP) is 5.08. The number of rotatable bonds is 5. The van der Waals surface area contributed by atoms with E-state index < -0.39 is 0 Å². The number of hydrogen-bond acceptors (Lipinski definition) is 5. The van der Waals surface area contributed by atoms with E-state index in [9.17, 15) is 4.79 Å². The number of methoxy groups -OCH3 is 1. The fourth-order valence-corrected chi connectivity index (χ4v) is 5.30. The van der Waals surface area contributed by atoms with E-state index in [0.717, 1.165) is 57.1 Å². The van der Waals surface area contributed by atoms with Crippen LogP contribution < -0.4 is 5.32 Å². The van der Waals surface area contributed by atoms with Gasteiger partial charge in [0, 0.05) is 42.1 Å². The van der Waals surface area contributed by atoms with Crippen molar-refractivity contribution < 1.29 is 9.53 Å². The Kier molecular flexibility index (Phi) is 4.92. The van der Waals surface area contributed by atoms with Crippen molar-refractivity contribution in [2.24, 2.45) is 0 Å². The molecule has 1 amide bonds. The highest BCUT2D eigenvalue weighted by atomic mass is 32.1. The first-order chi connectivity index (χ1) is 14.6. The number of aromatic amines is 1. The first-order valence-electron chi connectivity index (χ1n) is 10.2. The molecule has 5 rings (SSSR count). The molecule has 7 heteroatoms. The number of aryl methyl sites for hydroxylation is 1. The molecule has 0 bridgehead atoms. The highest BCUT2D eigenvalue weighted by molar-refractivity contribution is 7.21. The number of amides is 1. The minimum Gasteiger partial charge on any atom is -0.383 e. The van der Waals surface area contributed by atoms with Crippen LogP contribution in [0, 0.1) is 6.92 Å². The average Bonchev–Trinajstić information content (AvgIpc) is 3.45. The quantitative estimate of drug-likeness (QED) is 0.472. The van der Waals surface area contributed by atoms with Gasteiger partial charge < -0.3 is 19.9 Å². The maximum atomic E-state index is 13.1. The van der Waals surface area contributed by atoms with E-state index in [1.807, 2.05) is 17.0 Å².